The number of nitrogens with zero attached hydrogens (tertiary/aromatic N) is 2. The first kappa shape index (κ1) is 10.1. The molecule has 0 amide bonds. The molecule has 1 aromatic heterocycles. The van der Waals surface area contributed by atoms with Gasteiger partial charge in [0.1, 0.15) is 0 Å². The lowest BCUT2D eigenvalue weighted by molar-refractivity contribution is 0.374. The van der Waals surface area contributed by atoms with Crippen molar-refractivity contribution in [3.8, 4) is 0 Å². The maximum absolute atomic E-state index is 6.03. The van der Waals surface area contributed by atoms with E-state index >= 15 is 0 Å². The van der Waals surface area contributed by atoms with Crippen LogP contribution in [-0.4, -0.2) is 22.6 Å². The number of rotatable bonds is 1. The average molecular weight is 236 g/mol. The van der Waals surface area contributed by atoms with E-state index < -0.39 is 0 Å². The number of nitrogens with one attached hydrogen (secondary N) is 1. The van der Waals surface area contributed by atoms with Gasteiger partial charge in [-0.2, -0.15) is 0 Å². The van der Waals surface area contributed by atoms with Crippen molar-refractivity contribution in [3.63, 3.8) is 0 Å². The van der Waals surface area contributed by atoms with Crippen LogP contribution in [0, 0.1) is 0 Å². The lowest BCUT2D eigenvalue weighted by Crippen LogP contribution is -2.29. The summed E-state index contributed by atoms with van der Waals surface area (Å²) in [6.45, 7) is 2.18. The highest BCUT2D eigenvalue weighted by Gasteiger charge is 2.16. The molecule has 1 saturated heterocycles. The van der Waals surface area contributed by atoms with Crippen molar-refractivity contribution in [2.24, 2.45) is 0 Å². The topological polar surface area (TPSA) is 29.9 Å². The highest BCUT2D eigenvalue weighted by atomic mass is 35.5. The predicted octanol–water partition coefficient (Wildman–Crippen LogP) is 2.61. The van der Waals surface area contributed by atoms with Gasteiger partial charge in [0.05, 0.1) is 17.4 Å². The molecule has 0 unspecified atom stereocenters. The van der Waals surface area contributed by atoms with Gasteiger partial charge in [0.2, 0.25) is 0 Å². The van der Waals surface area contributed by atoms with Gasteiger partial charge in [-0.05, 0) is 44.1 Å². The van der Waals surface area contributed by atoms with Crippen molar-refractivity contribution < 1.29 is 0 Å². The van der Waals surface area contributed by atoms with Crippen molar-refractivity contribution in [3.05, 3.63) is 29.5 Å². The lowest BCUT2D eigenvalue weighted by atomic mass is 10.1. The number of aromatic nitrogens is 2. The molecular weight excluding hydrogens is 222 g/mol. The van der Waals surface area contributed by atoms with E-state index in [4.69, 9.17) is 11.6 Å². The molecule has 1 aliphatic rings. The minimum atomic E-state index is 0.560. The molecule has 0 aliphatic carbocycles. The van der Waals surface area contributed by atoms with Gasteiger partial charge in [-0.15, -0.1) is 0 Å². The molecule has 1 fully saturated rings. The Kier molecular flexibility index (Phi) is 2.58. The molecule has 1 N–H and O–H groups in total. The second-order valence-corrected chi connectivity index (χ2v) is 4.70. The van der Waals surface area contributed by atoms with Crippen molar-refractivity contribution >= 4 is 22.6 Å². The first-order chi connectivity index (χ1) is 7.84. The lowest BCUT2D eigenvalue weighted by Gasteiger charge is -2.24. The molecule has 84 valence electrons. The predicted molar refractivity (Wildman–Crippen MR) is 65.9 cm³/mol. The first-order valence-electron chi connectivity index (χ1n) is 5.67. The quantitative estimate of drug-likeness (QED) is 0.824. The Balaban J connectivity index is 2.05. The summed E-state index contributed by atoms with van der Waals surface area (Å²) in [5.74, 6) is 0. The van der Waals surface area contributed by atoms with Crippen LogP contribution in [0.2, 0.25) is 5.02 Å². The summed E-state index contributed by atoms with van der Waals surface area (Å²) < 4.78 is 2.27. The van der Waals surface area contributed by atoms with Gasteiger partial charge < -0.3 is 9.88 Å². The summed E-state index contributed by atoms with van der Waals surface area (Å²) in [7, 11) is 0. The highest BCUT2D eigenvalue weighted by Crippen LogP contribution is 2.25. The van der Waals surface area contributed by atoms with E-state index in [-0.39, 0.29) is 0 Å². The zero-order valence-electron chi connectivity index (χ0n) is 8.99. The van der Waals surface area contributed by atoms with E-state index in [9.17, 15) is 0 Å². The average Bonchev–Trinajstić information content (AvgIpc) is 2.73. The van der Waals surface area contributed by atoms with Gasteiger partial charge in [0.15, 0.2) is 0 Å². The zero-order valence-corrected chi connectivity index (χ0v) is 9.74. The van der Waals surface area contributed by atoms with Crippen molar-refractivity contribution in [2.45, 2.75) is 18.9 Å². The Bertz CT molecular complexity index is 500. The Hall–Kier alpha value is -1.06. The van der Waals surface area contributed by atoms with E-state index in [1.807, 2.05) is 24.5 Å². The molecule has 16 heavy (non-hydrogen) atoms. The van der Waals surface area contributed by atoms with Gasteiger partial charge in [0.25, 0.3) is 0 Å². The smallest absolute Gasteiger partial charge is 0.0960 e. The number of hydrogen-bond donors (Lipinski definition) is 1. The van der Waals surface area contributed by atoms with Crippen LogP contribution < -0.4 is 5.32 Å². The third-order valence-corrected chi connectivity index (χ3v) is 3.47. The third kappa shape index (κ3) is 1.70. The fourth-order valence-electron chi connectivity index (χ4n) is 2.37. The molecule has 0 atom stereocenters. The first-order valence-corrected chi connectivity index (χ1v) is 6.05. The molecule has 4 heteroatoms. The molecule has 3 rings (SSSR count). The van der Waals surface area contributed by atoms with E-state index in [0.717, 1.165) is 42.0 Å². The van der Waals surface area contributed by atoms with E-state index in [0.29, 0.717) is 6.04 Å². The maximum Gasteiger partial charge on any atom is 0.0960 e. The molecule has 0 radical (unpaired) electrons. The number of hydrogen-bond acceptors (Lipinski definition) is 2. The highest BCUT2D eigenvalue weighted by molar-refractivity contribution is 6.31. The number of fused-ring (bicyclic) bond motifs is 1. The van der Waals surface area contributed by atoms with Crippen LogP contribution in [0.3, 0.4) is 0 Å². The van der Waals surface area contributed by atoms with Gasteiger partial charge in [-0.1, -0.05) is 11.6 Å². The Morgan fingerprint density at radius 1 is 1.31 bits per heavy atom. The zero-order chi connectivity index (χ0) is 11.0. The van der Waals surface area contributed by atoms with Crippen molar-refractivity contribution in [1.29, 1.82) is 0 Å². The van der Waals surface area contributed by atoms with Gasteiger partial charge in [0, 0.05) is 11.1 Å². The van der Waals surface area contributed by atoms with E-state index in [1.54, 1.807) is 0 Å². The Morgan fingerprint density at radius 3 is 2.94 bits per heavy atom. The molecule has 0 bridgehead atoms. The molecule has 2 aromatic rings. The maximum atomic E-state index is 6.03. The van der Waals surface area contributed by atoms with Crippen LogP contribution in [0.4, 0.5) is 0 Å². The molecule has 0 spiro atoms. The summed E-state index contributed by atoms with van der Waals surface area (Å²) in [6.07, 6.45) is 4.27. The summed E-state index contributed by atoms with van der Waals surface area (Å²) in [5, 5.41) is 4.16. The minimum absolute atomic E-state index is 0.560. The van der Waals surface area contributed by atoms with Gasteiger partial charge in [-0.3, -0.25) is 0 Å². The molecule has 3 nitrogen and oxygen atoms in total. The van der Waals surface area contributed by atoms with Gasteiger partial charge in [-0.25, -0.2) is 4.98 Å². The van der Waals surface area contributed by atoms with Crippen LogP contribution in [0.5, 0.6) is 0 Å². The van der Waals surface area contributed by atoms with Crippen LogP contribution >= 0.6 is 11.6 Å². The molecule has 1 aliphatic heterocycles. The van der Waals surface area contributed by atoms with E-state index in [2.05, 4.69) is 14.9 Å². The molecule has 0 saturated carbocycles. The molecule has 2 heterocycles. The summed E-state index contributed by atoms with van der Waals surface area (Å²) >= 11 is 6.03. The fourth-order valence-corrected chi connectivity index (χ4v) is 2.54. The normalized spacial score (nSPS) is 18.1. The number of benzene rings is 1. The van der Waals surface area contributed by atoms with Crippen LogP contribution in [0.15, 0.2) is 24.5 Å². The van der Waals surface area contributed by atoms with Gasteiger partial charge >= 0.3 is 0 Å². The fraction of sp³-hybridized carbons (Fsp3) is 0.417. The van der Waals surface area contributed by atoms with Crippen LogP contribution in [0.25, 0.3) is 11.0 Å². The third-order valence-electron chi connectivity index (χ3n) is 3.24. The monoisotopic (exact) mass is 235 g/mol. The van der Waals surface area contributed by atoms with Crippen LogP contribution in [0.1, 0.15) is 18.9 Å². The van der Waals surface area contributed by atoms with Crippen molar-refractivity contribution in [1.82, 2.24) is 14.9 Å². The SMILES string of the molecule is Clc1ccc2ncn(C3CCNCC3)c2c1. The number of imidazole rings is 1. The number of halogens is 1. The molecule has 1 aromatic carbocycles. The molecular formula is C12H14ClN3. The summed E-state index contributed by atoms with van der Waals surface area (Å²) in [4.78, 5) is 4.42. The second kappa shape index (κ2) is 4.07. The minimum Gasteiger partial charge on any atom is -0.327 e. The van der Waals surface area contributed by atoms with Crippen molar-refractivity contribution in [2.75, 3.05) is 13.1 Å². The summed E-state index contributed by atoms with van der Waals surface area (Å²) in [5.41, 5.74) is 2.18. The largest absolute Gasteiger partial charge is 0.327 e. The summed E-state index contributed by atoms with van der Waals surface area (Å²) in [6, 6.07) is 6.44. The second-order valence-electron chi connectivity index (χ2n) is 4.27. The number of piperidine rings is 1. The Morgan fingerprint density at radius 2 is 2.12 bits per heavy atom. The van der Waals surface area contributed by atoms with Crippen LogP contribution in [-0.2, 0) is 0 Å². The Labute approximate surface area is 99.4 Å². The standard InChI is InChI=1S/C12H14ClN3/c13-9-1-2-11-12(7-9)16(8-15-11)10-3-5-14-6-4-10/h1-2,7-8,10,14H,3-6H2. The van der Waals surface area contributed by atoms with E-state index in [1.165, 1.54) is 0 Å².